The molecule has 0 fully saturated rings. The van der Waals surface area contributed by atoms with Gasteiger partial charge in [0.2, 0.25) is 0 Å². The molecule has 0 aliphatic heterocycles. The number of ketones is 1. The van der Waals surface area contributed by atoms with Crippen LogP contribution in [0, 0.1) is 11.3 Å². The van der Waals surface area contributed by atoms with Gasteiger partial charge in [0.25, 0.3) is 0 Å². The SMILES string of the molecule is CCC(=O)c1nnn(-c2cc(C#N)ccc2Cl)c1CC. The van der Waals surface area contributed by atoms with Gasteiger partial charge in [0.15, 0.2) is 11.5 Å². The van der Waals surface area contributed by atoms with E-state index < -0.39 is 0 Å². The van der Waals surface area contributed by atoms with Crippen LogP contribution in [0.1, 0.15) is 42.0 Å². The van der Waals surface area contributed by atoms with E-state index in [0.29, 0.717) is 40.5 Å². The number of halogens is 1. The fraction of sp³-hybridized carbons (Fsp3) is 0.286. The molecule has 6 heteroatoms. The van der Waals surface area contributed by atoms with E-state index in [1.165, 1.54) is 4.68 Å². The van der Waals surface area contributed by atoms with Gasteiger partial charge in [-0.05, 0) is 24.6 Å². The Labute approximate surface area is 121 Å². The Morgan fingerprint density at radius 3 is 2.80 bits per heavy atom. The van der Waals surface area contributed by atoms with Crippen LogP contribution in [0.25, 0.3) is 5.69 Å². The topological polar surface area (TPSA) is 71.6 Å². The zero-order valence-electron chi connectivity index (χ0n) is 11.2. The molecular weight excluding hydrogens is 276 g/mol. The lowest BCUT2D eigenvalue weighted by Gasteiger charge is -2.08. The summed E-state index contributed by atoms with van der Waals surface area (Å²) < 4.78 is 1.53. The molecule has 1 aromatic carbocycles. The Kier molecular flexibility index (Phi) is 4.16. The smallest absolute Gasteiger partial charge is 0.184 e. The molecule has 0 aliphatic carbocycles. The van der Waals surface area contributed by atoms with Crippen LogP contribution in [0.15, 0.2) is 18.2 Å². The minimum atomic E-state index is -0.0549. The second-order valence-corrected chi connectivity index (χ2v) is 4.61. The van der Waals surface area contributed by atoms with Crippen molar-refractivity contribution in [1.29, 1.82) is 5.26 Å². The number of Topliss-reactive ketones (excluding diaryl/α,β-unsaturated/α-hetero) is 1. The summed E-state index contributed by atoms with van der Waals surface area (Å²) in [5.41, 5.74) is 2.11. The van der Waals surface area contributed by atoms with Crippen LogP contribution in [0.3, 0.4) is 0 Å². The van der Waals surface area contributed by atoms with Gasteiger partial charge in [0, 0.05) is 6.42 Å². The third kappa shape index (κ3) is 2.43. The standard InChI is InChI=1S/C14H13ClN4O/c1-3-11-14(13(20)4-2)17-18-19(11)12-7-9(8-16)5-6-10(12)15/h5-7H,3-4H2,1-2H3. The lowest BCUT2D eigenvalue weighted by molar-refractivity contribution is 0.0982. The molecule has 2 aromatic rings. The van der Waals surface area contributed by atoms with Gasteiger partial charge in [-0.3, -0.25) is 4.79 Å². The molecule has 1 aromatic heterocycles. The van der Waals surface area contributed by atoms with Gasteiger partial charge in [-0.2, -0.15) is 5.26 Å². The highest BCUT2D eigenvalue weighted by molar-refractivity contribution is 6.32. The first-order valence-corrected chi connectivity index (χ1v) is 6.67. The van der Waals surface area contributed by atoms with E-state index in [1.54, 1.807) is 25.1 Å². The van der Waals surface area contributed by atoms with Crippen molar-refractivity contribution in [2.75, 3.05) is 0 Å². The summed E-state index contributed by atoms with van der Waals surface area (Å²) in [6.45, 7) is 3.70. The van der Waals surface area contributed by atoms with E-state index in [0.717, 1.165) is 0 Å². The number of nitrogens with zero attached hydrogens (tertiary/aromatic N) is 4. The van der Waals surface area contributed by atoms with Crippen molar-refractivity contribution < 1.29 is 4.79 Å². The van der Waals surface area contributed by atoms with Crippen LogP contribution in [0.4, 0.5) is 0 Å². The molecule has 0 spiro atoms. The number of nitriles is 1. The van der Waals surface area contributed by atoms with E-state index in [2.05, 4.69) is 16.4 Å². The maximum absolute atomic E-state index is 11.8. The first-order valence-electron chi connectivity index (χ1n) is 6.30. The van der Waals surface area contributed by atoms with Gasteiger partial charge in [-0.1, -0.05) is 30.7 Å². The van der Waals surface area contributed by atoms with Crippen molar-refractivity contribution >= 4 is 17.4 Å². The zero-order valence-corrected chi connectivity index (χ0v) is 12.0. The molecule has 0 amide bonds. The molecule has 0 unspecified atom stereocenters. The molecule has 1 heterocycles. The molecule has 0 saturated heterocycles. The predicted octanol–water partition coefficient (Wildman–Crippen LogP) is 2.95. The fourth-order valence-corrected chi connectivity index (χ4v) is 2.14. The quantitative estimate of drug-likeness (QED) is 0.811. The molecule has 0 saturated carbocycles. The summed E-state index contributed by atoms with van der Waals surface area (Å²) in [5.74, 6) is -0.0549. The molecule has 0 atom stereocenters. The normalized spacial score (nSPS) is 10.3. The van der Waals surface area contributed by atoms with Gasteiger partial charge in [0.05, 0.1) is 28.0 Å². The van der Waals surface area contributed by atoms with Crippen molar-refractivity contribution in [3.05, 3.63) is 40.2 Å². The molecular formula is C14H13ClN4O. The lowest BCUT2D eigenvalue weighted by atomic mass is 10.1. The Hall–Kier alpha value is -2.19. The number of rotatable bonds is 4. The van der Waals surface area contributed by atoms with Crippen molar-refractivity contribution in [1.82, 2.24) is 15.0 Å². The summed E-state index contributed by atoms with van der Waals surface area (Å²) in [6, 6.07) is 6.96. The van der Waals surface area contributed by atoms with Gasteiger partial charge < -0.3 is 0 Å². The fourth-order valence-electron chi connectivity index (χ4n) is 1.94. The van der Waals surface area contributed by atoms with E-state index in [1.807, 2.05) is 6.92 Å². The van der Waals surface area contributed by atoms with E-state index >= 15 is 0 Å². The first-order chi connectivity index (χ1) is 9.62. The van der Waals surface area contributed by atoms with Gasteiger partial charge in [-0.15, -0.1) is 5.10 Å². The minimum Gasteiger partial charge on any atom is -0.292 e. The summed E-state index contributed by atoms with van der Waals surface area (Å²) >= 11 is 6.16. The predicted molar refractivity (Wildman–Crippen MR) is 75.1 cm³/mol. The highest BCUT2D eigenvalue weighted by Crippen LogP contribution is 2.24. The number of carbonyl (C=O) groups excluding carboxylic acids is 1. The van der Waals surface area contributed by atoms with Crippen molar-refractivity contribution in [2.45, 2.75) is 26.7 Å². The van der Waals surface area contributed by atoms with Crippen LogP contribution in [0.2, 0.25) is 5.02 Å². The number of carbonyl (C=O) groups is 1. The summed E-state index contributed by atoms with van der Waals surface area (Å²) in [7, 11) is 0. The number of hydrogen-bond donors (Lipinski definition) is 0. The van der Waals surface area contributed by atoms with Gasteiger partial charge in [0.1, 0.15) is 0 Å². The second-order valence-electron chi connectivity index (χ2n) is 4.20. The van der Waals surface area contributed by atoms with Gasteiger partial charge in [-0.25, -0.2) is 4.68 Å². The maximum Gasteiger partial charge on any atom is 0.184 e. The molecule has 0 aliphatic rings. The Morgan fingerprint density at radius 2 is 2.20 bits per heavy atom. The number of hydrogen-bond acceptors (Lipinski definition) is 4. The van der Waals surface area contributed by atoms with E-state index in [9.17, 15) is 4.79 Å². The average molecular weight is 289 g/mol. The van der Waals surface area contributed by atoms with Gasteiger partial charge >= 0.3 is 0 Å². The molecule has 0 radical (unpaired) electrons. The Bertz CT molecular complexity index is 700. The van der Waals surface area contributed by atoms with E-state index in [-0.39, 0.29) is 5.78 Å². The van der Waals surface area contributed by atoms with Crippen molar-refractivity contribution in [3.8, 4) is 11.8 Å². The third-order valence-electron chi connectivity index (χ3n) is 2.99. The largest absolute Gasteiger partial charge is 0.292 e. The maximum atomic E-state index is 11.8. The average Bonchev–Trinajstić information content (AvgIpc) is 2.90. The zero-order chi connectivity index (χ0) is 14.7. The lowest BCUT2D eigenvalue weighted by Crippen LogP contribution is -2.06. The van der Waals surface area contributed by atoms with Crippen LogP contribution < -0.4 is 0 Å². The Balaban J connectivity index is 2.62. The molecule has 0 bridgehead atoms. The van der Waals surface area contributed by atoms with Crippen LogP contribution in [-0.4, -0.2) is 20.8 Å². The summed E-state index contributed by atoms with van der Waals surface area (Å²) in [4.78, 5) is 11.8. The van der Waals surface area contributed by atoms with Crippen molar-refractivity contribution in [3.63, 3.8) is 0 Å². The van der Waals surface area contributed by atoms with E-state index in [4.69, 9.17) is 16.9 Å². The van der Waals surface area contributed by atoms with Crippen LogP contribution >= 0.6 is 11.6 Å². The van der Waals surface area contributed by atoms with Crippen molar-refractivity contribution in [2.24, 2.45) is 0 Å². The molecule has 20 heavy (non-hydrogen) atoms. The molecule has 102 valence electrons. The summed E-state index contributed by atoms with van der Waals surface area (Å²) in [5, 5.41) is 17.4. The number of aromatic nitrogens is 3. The molecule has 5 nitrogen and oxygen atoms in total. The minimum absolute atomic E-state index is 0.0549. The second kappa shape index (κ2) is 5.85. The highest BCUT2D eigenvalue weighted by Gasteiger charge is 2.19. The summed E-state index contributed by atoms with van der Waals surface area (Å²) in [6.07, 6.45) is 0.971. The Morgan fingerprint density at radius 1 is 1.45 bits per heavy atom. The highest BCUT2D eigenvalue weighted by atomic mass is 35.5. The first kappa shape index (κ1) is 14.2. The molecule has 2 rings (SSSR count). The molecule has 0 N–H and O–H groups in total. The monoisotopic (exact) mass is 288 g/mol. The third-order valence-corrected chi connectivity index (χ3v) is 3.31. The number of benzene rings is 1. The van der Waals surface area contributed by atoms with Crippen LogP contribution in [0.5, 0.6) is 0 Å². The van der Waals surface area contributed by atoms with Crippen LogP contribution in [-0.2, 0) is 6.42 Å².